The molecule has 0 bridgehead atoms. The highest BCUT2D eigenvalue weighted by Crippen LogP contribution is 2.42. The Labute approximate surface area is 129 Å². The van der Waals surface area contributed by atoms with Crippen molar-refractivity contribution in [2.24, 2.45) is 0 Å². The van der Waals surface area contributed by atoms with Gasteiger partial charge in [-0.15, -0.1) is 0 Å². The molecule has 1 aliphatic rings. The fourth-order valence-corrected chi connectivity index (χ4v) is 2.69. The van der Waals surface area contributed by atoms with E-state index in [2.05, 4.69) is 0 Å². The SMILES string of the molecule is Cc1cc2c(cc1C)[C@H](C([N+](=O)[O-])([N+](=O)[O-])[N+](=O)[O-])C=C[C@H]2O. The molecule has 1 aliphatic carbocycles. The second-order valence-corrected chi connectivity index (χ2v) is 5.33. The van der Waals surface area contributed by atoms with Gasteiger partial charge < -0.3 is 5.11 Å². The van der Waals surface area contributed by atoms with Crippen LogP contribution < -0.4 is 0 Å². The molecule has 0 spiro atoms. The van der Waals surface area contributed by atoms with Gasteiger partial charge in [0, 0.05) is 0 Å². The van der Waals surface area contributed by atoms with Gasteiger partial charge in [0.15, 0.2) is 14.8 Å². The summed E-state index contributed by atoms with van der Waals surface area (Å²) in [7, 11) is 0. The van der Waals surface area contributed by atoms with Crippen LogP contribution in [-0.4, -0.2) is 25.7 Å². The standard InChI is InChI=1S/C13H13N3O7/c1-7-5-9-10(6-8(7)2)12(17)4-3-11(9)13(14(18)19,15(20)21)16(22)23/h3-6,11-12,17H,1-2H3/t11-,12-/m1/s1. The van der Waals surface area contributed by atoms with E-state index in [4.69, 9.17) is 0 Å². The van der Waals surface area contributed by atoms with Gasteiger partial charge in [0.1, 0.15) is 0 Å². The molecule has 122 valence electrons. The normalized spacial score (nSPS) is 20.0. The summed E-state index contributed by atoms with van der Waals surface area (Å²) in [4.78, 5) is 29.3. The van der Waals surface area contributed by atoms with Gasteiger partial charge >= 0.3 is 5.79 Å². The summed E-state index contributed by atoms with van der Waals surface area (Å²) in [6.07, 6.45) is 0.909. The molecule has 10 nitrogen and oxygen atoms in total. The Kier molecular flexibility index (Phi) is 3.87. The first-order valence-electron chi connectivity index (χ1n) is 6.55. The molecule has 1 N–H and O–H groups in total. The number of fused-ring (bicyclic) bond motifs is 1. The van der Waals surface area contributed by atoms with Crippen molar-refractivity contribution in [1.29, 1.82) is 0 Å². The highest BCUT2D eigenvalue weighted by atomic mass is 16.7. The molecule has 0 saturated carbocycles. The van der Waals surface area contributed by atoms with Crippen LogP contribution in [-0.2, 0) is 0 Å². The van der Waals surface area contributed by atoms with Crippen LogP contribution in [0.5, 0.6) is 0 Å². The van der Waals surface area contributed by atoms with Crippen molar-refractivity contribution >= 4 is 0 Å². The number of aliphatic hydroxyl groups is 1. The van der Waals surface area contributed by atoms with E-state index < -0.39 is 32.6 Å². The van der Waals surface area contributed by atoms with E-state index in [9.17, 15) is 35.4 Å². The third-order valence-electron chi connectivity index (χ3n) is 4.06. The van der Waals surface area contributed by atoms with Crippen molar-refractivity contribution in [2.45, 2.75) is 31.7 Å². The quantitative estimate of drug-likeness (QED) is 0.381. The molecule has 0 aromatic heterocycles. The van der Waals surface area contributed by atoms with Gasteiger partial charge in [0.25, 0.3) is 0 Å². The summed E-state index contributed by atoms with van der Waals surface area (Å²) < 4.78 is 0. The molecule has 2 atom stereocenters. The zero-order valence-electron chi connectivity index (χ0n) is 12.2. The van der Waals surface area contributed by atoms with Crippen molar-refractivity contribution in [3.8, 4) is 0 Å². The average Bonchev–Trinajstić information content (AvgIpc) is 2.43. The van der Waals surface area contributed by atoms with Crippen LogP contribution >= 0.6 is 0 Å². The fraction of sp³-hybridized carbons (Fsp3) is 0.385. The summed E-state index contributed by atoms with van der Waals surface area (Å²) in [5.41, 5.74) is 1.61. The smallest absolute Gasteiger partial charge is 0.384 e. The number of nitro groups is 3. The number of nitrogens with zero attached hydrogens (tertiary/aromatic N) is 3. The predicted octanol–water partition coefficient (Wildman–Crippen LogP) is 1.47. The summed E-state index contributed by atoms with van der Waals surface area (Å²) in [5.74, 6) is -5.38. The van der Waals surface area contributed by atoms with E-state index in [-0.39, 0.29) is 11.1 Å². The van der Waals surface area contributed by atoms with E-state index in [1.165, 1.54) is 12.1 Å². The van der Waals surface area contributed by atoms with Gasteiger partial charge in [-0.3, -0.25) is 30.3 Å². The lowest BCUT2D eigenvalue weighted by Crippen LogP contribution is -2.57. The Morgan fingerprint density at radius 3 is 1.78 bits per heavy atom. The third-order valence-corrected chi connectivity index (χ3v) is 4.06. The van der Waals surface area contributed by atoms with E-state index in [1.54, 1.807) is 13.8 Å². The molecule has 23 heavy (non-hydrogen) atoms. The number of benzene rings is 1. The molecule has 2 rings (SSSR count). The Hall–Kier alpha value is -2.88. The minimum atomic E-state index is -3.65. The summed E-state index contributed by atoms with van der Waals surface area (Å²) in [6.45, 7) is 3.40. The van der Waals surface area contributed by atoms with Gasteiger partial charge in [-0.25, -0.2) is 0 Å². The summed E-state index contributed by atoms with van der Waals surface area (Å²) >= 11 is 0. The number of aliphatic hydroxyl groups excluding tert-OH is 1. The van der Waals surface area contributed by atoms with Crippen molar-refractivity contribution in [3.05, 3.63) is 76.9 Å². The van der Waals surface area contributed by atoms with Gasteiger partial charge in [-0.2, -0.15) is 0 Å². The first-order valence-corrected chi connectivity index (χ1v) is 6.55. The molecule has 0 saturated heterocycles. The van der Waals surface area contributed by atoms with Gasteiger partial charge in [-0.1, -0.05) is 24.3 Å². The molecule has 0 aliphatic heterocycles. The number of rotatable bonds is 4. The van der Waals surface area contributed by atoms with Crippen molar-refractivity contribution < 1.29 is 19.9 Å². The van der Waals surface area contributed by atoms with Crippen LogP contribution in [0, 0.1) is 44.2 Å². The second kappa shape index (κ2) is 5.39. The molecule has 0 unspecified atom stereocenters. The maximum Gasteiger partial charge on any atom is 0.710 e. The van der Waals surface area contributed by atoms with Crippen LogP contribution in [0.4, 0.5) is 0 Å². The third kappa shape index (κ3) is 2.23. The second-order valence-electron chi connectivity index (χ2n) is 5.33. The van der Waals surface area contributed by atoms with Crippen LogP contribution in [0.2, 0.25) is 0 Å². The average molecular weight is 323 g/mol. The predicted molar refractivity (Wildman–Crippen MR) is 76.5 cm³/mol. The maximum atomic E-state index is 11.3. The van der Waals surface area contributed by atoms with Crippen LogP contribution in [0.15, 0.2) is 24.3 Å². The zero-order valence-corrected chi connectivity index (χ0v) is 12.2. The molecule has 10 heteroatoms. The largest absolute Gasteiger partial charge is 0.710 e. The van der Waals surface area contributed by atoms with E-state index in [0.29, 0.717) is 5.56 Å². The van der Waals surface area contributed by atoms with Crippen molar-refractivity contribution in [2.75, 3.05) is 0 Å². The summed E-state index contributed by atoms with van der Waals surface area (Å²) in [6, 6.07) is 2.93. The van der Waals surface area contributed by atoms with E-state index in [0.717, 1.165) is 17.7 Å². The van der Waals surface area contributed by atoms with Crippen molar-refractivity contribution in [1.82, 2.24) is 0 Å². The molecule has 0 heterocycles. The minimum Gasteiger partial charge on any atom is -0.384 e. The number of aryl methyl sites for hydroxylation is 2. The van der Waals surface area contributed by atoms with Crippen molar-refractivity contribution in [3.63, 3.8) is 0 Å². The lowest BCUT2D eigenvalue weighted by Gasteiger charge is -2.25. The van der Waals surface area contributed by atoms with Crippen LogP contribution in [0.25, 0.3) is 0 Å². The molecule has 0 fully saturated rings. The molecule has 0 radical (unpaired) electrons. The monoisotopic (exact) mass is 323 g/mol. The Morgan fingerprint density at radius 1 is 0.913 bits per heavy atom. The number of hydrogen-bond donors (Lipinski definition) is 1. The van der Waals surface area contributed by atoms with Gasteiger partial charge in [0.05, 0.1) is 6.10 Å². The Bertz CT molecular complexity index is 707. The van der Waals surface area contributed by atoms with E-state index in [1.807, 2.05) is 0 Å². The highest BCUT2D eigenvalue weighted by molar-refractivity contribution is 5.46. The van der Waals surface area contributed by atoms with E-state index >= 15 is 0 Å². The lowest BCUT2D eigenvalue weighted by atomic mass is 9.80. The fourth-order valence-electron chi connectivity index (χ4n) is 2.69. The zero-order chi connectivity index (χ0) is 17.5. The first kappa shape index (κ1) is 16.5. The molecule has 1 aromatic rings. The van der Waals surface area contributed by atoms with Crippen LogP contribution in [0.1, 0.15) is 34.3 Å². The first-order chi connectivity index (χ1) is 10.6. The summed E-state index contributed by atoms with van der Waals surface area (Å²) in [5, 5.41) is 43.8. The topological polar surface area (TPSA) is 150 Å². The Morgan fingerprint density at radius 2 is 1.35 bits per heavy atom. The maximum absolute atomic E-state index is 11.3. The molecular weight excluding hydrogens is 310 g/mol. The van der Waals surface area contributed by atoms with Gasteiger partial charge in [0.2, 0.25) is 5.92 Å². The van der Waals surface area contributed by atoms with Gasteiger partial charge in [-0.05, 0) is 36.1 Å². The molecule has 0 amide bonds. The molecule has 1 aromatic carbocycles. The number of hydrogen-bond acceptors (Lipinski definition) is 7. The van der Waals surface area contributed by atoms with Crippen LogP contribution in [0.3, 0.4) is 0 Å². The Balaban J connectivity index is 2.80. The highest BCUT2D eigenvalue weighted by Gasteiger charge is 2.76. The lowest BCUT2D eigenvalue weighted by molar-refractivity contribution is -0.972. The minimum absolute atomic E-state index is 0.00759. The molecular formula is C13H13N3O7.